The molecule has 0 amide bonds. The van der Waals surface area contributed by atoms with Gasteiger partial charge in [0, 0.05) is 0 Å². The average Bonchev–Trinajstić information content (AvgIpc) is 2.13. The third-order valence-corrected chi connectivity index (χ3v) is 1.38. The van der Waals surface area contributed by atoms with E-state index >= 15 is 0 Å². The molecule has 9 heavy (non-hydrogen) atoms. The molecule has 2 N–H and O–H groups in total. The molecule has 0 aliphatic carbocycles. The van der Waals surface area contributed by atoms with Gasteiger partial charge in [0.05, 0.1) is 0 Å². The van der Waals surface area contributed by atoms with Gasteiger partial charge in [0.2, 0.25) is 0 Å². The van der Waals surface area contributed by atoms with Crippen LogP contribution in [-0.4, -0.2) is 22.2 Å². The summed E-state index contributed by atoms with van der Waals surface area (Å²) in [6.45, 7) is 1.67. The Labute approximate surface area is 51.8 Å². The lowest BCUT2D eigenvalue weighted by Gasteiger charge is -1.98. The van der Waals surface area contributed by atoms with E-state index in [-0.39, 0.29) is 6.10 Å². The molecule has 0 aromatic carbocycles. The molecular weight excluding hydrogens is 147 g/mol. The van der Waals surface area contributed by atoms with E-state index in [1.165, 1.54) is 0 Å². The van der Waals surface area contributed by atoms with Crippen LogP contribution in [0.25, 0.3) is 0 Å². The maximum absolute atomic E-state index is 10.0. The Morgan fingerprint density at radius 2 is 2.11 bits per heavy atom. The number of hydrogen-bond donors (Lipinski definition) is 2. The van der Waals surface area contributed by atoms with E-state index in [1.54, 1.807) is 6.92 Å². The van der Waals surface area contributed by atoms with Gasteiger partial charge in [-0.1, -0.05) is 0 Å². The smallest absolute Gasteiger partial charge is 0.341 e. The largest absolute Gasteiger partial charge is 0.472 e. The molecule has 1 rings (SSSR count). The van der Waals surface area contributed by atoms with E-state index in [1.807, 2.05) is 0 Å². The van der Waals surface area contributed by atoms with Gasteiger partial charge in [-0.25, -0.2) is 4.57 Å². The van der Waals surface area contributed by atoms with Gasteiger partial charge in [0.15, 0.2) is 6.29 Å². The van der Waals surface area contributed by atoms with Crippen molar-refractivity contribution >= 4 is 7.82 Å². The van der Waals surface area contributed by atoms with Crippen molar-refractivity contribution in [3.05, 3.63) is 0 Å². The van der Waals surface area contributed by atoms with Gasteiger partial charge >= 0.3 is 7.82 Å². The van der Waals surface area contributed by atoms with Crippen molar-refractivity contribution in [1.82, 2.24) is 0 Å². The first-order valence-corrected chi connectivity index (χ1v) is 3.91. The number of hydrogen-bond acceptors (Lipinski definition) is 3. The highest BCUT2D eigenvalue weighted by Crippen LogP contribution is 2.43. The molecule has 0 radical (unpaired) electrons. The minimum Gasteiger partial charge on any atom is -0.341 e. The van der Waals surface area contributed by atoms with E-state index in [9.17, 15) is 4.57 Å². The molecule has 0 spiro atoms. The molecule has 2 unspecified atom stereocenters. The Kier molecular flexibility index (Phi) is 1.63. The molecule has 1 aliphatic heterocycles. The zero-order chi connectivity index (χ0) is 7.07. The maximum Gasteiger partial charge on any atom is 0.472 e. The van der Waals surface area contributed by atoms with Gasteiger partial charge in [-0.15, -0.1) is 0 Å². The molecule has 2 atom stereocenters. The summed E-state index contributed by atoms with van der Waals surface area (Å²) in [7, 11) is -4.32. The second-order valence-electron chi connectivity index (χ2n) is 1.81. The summed E-state index contributed by atoms with van der Waals surface area (Å²) in [5.41, 5.74) is 0. The lowest BCUT2D eigenvalue weighted by atomic mass is 10.5. The lowest BCUT2D eigenvalue weighted by Crippen LogP contribution is -1.94. The fourth-order valence-electron chi connectivity index (χ4n) is 0.412. The Hall–Kier alpha value is 0.0700. The third kappa shape index (κ3) is 2.43. The summed E-state index contributed by atoms with van der Waals surface area (Å²) in [6, 6.07) is 0. The van der Waals surface area contributed by atoms with E-state index in [4.69, 9.17) is 9.79 Å². The predicted octanol–water partition coefficient (Wildman–Crippen LogP) is -0.160. The van der Waals surface area contributed by atoms with Gasteiger partial charge in [-0.2, -0.15) is 0 Å². The van der Waals surface area contributed by atoms with Crippen molar-refractivity contribution in [2.24, 2.45) is 0 Å². The molecule has 6 heteroatoms. The molecule has 1 heterocycles. The molecule has 0 saturated carbocycles. The van der Waals surface area contributed by atoms with Crippen molar-refractivity contribution in [2.75, 3.05) is 0 Å². The van der Waals surface area contributed by atoms with Crippen molar-refractivity contribution < 1.29 is 23.6 Å². The SMILES string of the molecule is CC1OC1OP(=O)(O)O. The number of rotatable bonds is 2. The first kappa shape index (κ1) is 7.18. The normalized spacial score (nSPS) is 34.6. The molecule has 1 aliphatic rings. The standard InChI is InChI=1S/C3H7O5P/c1-2-3(7-2)8-9(4,5)6/h2-3H,1H3,(H2,4,5,6). The molecule has 0 bridgehead atoms. The van der Waals surface area contributed by atoms with E-state index in [0.717, 1.165) is 0 Å². The van der Waals surface area contributed by atoms with Crippen LogP contribution in [-0.2, 0) is 13.8 Å². The van der Waals surface area contributed by atoms with Gasteiger partial charge in [-0.05, 0) is 6.92 Å². The van der Waals surface area contributed by atoms with Crippen molar-refractivity contribution in [3.63, 3.8) is 0 Å². The topological polar surface area (TPSA) is 79.3 Å². The first-order valence-electron chi connectivity index (χ1n) is 2.38. The fourth-order valence-corrected chi connectivity index (χ4v) is 0.904. The molecule has 5 nitrogen and oxygen atoms in total. The van der Waals surface area contributed by atoms with Crippen LogP contribution in [0.3, 0.4) is 0 Å². The van der Waals surface area contributed by atoms with Crippen LogP contribution >= 0.6 is 7.82 Å². The third-order valence-electron chi connectivity index (χ3n) is 0.897. The Balaban J connectivity index is 2.28. The van der Waals surface area contributed by atoms with Gasteiger partial charge in [0.25, 0.3) is 0 Å². The summed E-state index contributed by atoms with van der Waals surface area (Å²) < 4.78 is 18.7. The summed E-state index contributed by atoms with van der Waals surface area (Å²) in [5, 5.41) is 0. The highest BCUT2D eigenvalue weighted by molar-refractivity contribution is 7.46. The highest BCUT2D eigenvalue weighted by Gasteiger charge is 2.40. The number of epoxide rings is 1. The van der Waals surface area contributed by atoms with Crippen LogP contribution in [0.1, 0.15) is 6.92 Å². The average molecular weight is 154 g/mol. The molecular formula is C3H7O5P. The fraction of sp³-hybridized carbons (Fsp3) is 1.00. The van der Waals surface area contributed by atoms with Crippen LogP contribution in [0.15, 0.2) is 0 Å². The quantitative estimate of drug-likeness (QED) is 0.426. The van der Waals surface area contributed by atoms with Gasteiger partial charge in [-0.3, -0.25) is 4.52 Å². The van der Waals surface area contributed by atoms with E-state index in [0.29, 0.717) is 0 Å². The number of ether oxygens (including phenoxy) is 1. The Bertz CT molecular complexity index is 150. The summed E-state index contributed by atoms with van der Waals surface area (Å²) in [6.07, 6.45) is -0.886. The second kappa shape index (κ2) is 2.04. The minimum atomic E-state index is -4.32. The van der Waals surface area contributed by atoms with Crippen molar-refractivity contribution in [1.29, 1.82) is 0 Å². The minimum absolute atomic E-state index is 0.183. The summed E-state index contributed by atoms with van der Waals surface area (Å²) >= 11 is 0. The molecule has 0 aromatic heterocycles. The van der Waals surface area contributed by atoms with Crippen molar-refractivity contribution in [3.8, 4) is 0 Å². The predicted molar refractivity (Wildman–Crippen MR) is 27.5 cm³/mol. The Morgan fingerprint density at radius 1 is 1.67 bits per heavy atom. The van der Waals surface area contributed by atoms with E-state index in [2.05, 4.69) is 9.26 Å². The van der Waals surface area contributed by atoms with E-state index < -0.39 is 14.1 Å². The second-order valence-corrected chi connectivity index (χ2v) is 3.00. The van der Waals surface area contributed by atoms with Crippen LogP contribution in [0.2, 0.25) is 0 Å². The zero-order valence-electron chi connectivity index (χ0n) is 4.72. The van der Waals surface area contributed by atoms with Crippen LogP contribution in [0.4, 0.5) is 0 Å². The molecule has 1 saturated heterocycles. The van der Waals surface area contributed by atoms with Crippen LogP contribution in [0, 0.1) is 0 Å². The molecule has 0 aromatic rings. The zero-order valence-corrected chi connectivity index (χ0v) is 5.62. The highest BCUT2D eigenvalue weighted by atomic mass is 31.2. The molecule has 54 valence electrons. The monoisotopic (exact) mass is 154 g/mol. The number of phosphoric acid groups is 1. The lowest BCUT2D eigenvalue weighted by molar-refractivity contribution is 0.124. The Morgan fingerprint density at radius 3 is 2.22 bits per heavy atom. The summed E-state index contributed by atoms with van der Waals surface area (Å²) in [5.74, 6) is 0. The van der Waals surface area contributed by atoms with Crippen LogP contribution < -0.4 is 0 Å². The number of phosphoric ester groups is 1. The molecule has 1 fully saturated rings. The maximum atomic E-state index is 10.0. The van der Waals surface area contributed by atoms with Gasteiger partial charge < -0.3 is 14.5 Å². The van der Waals surface area contributed by atoms with Gasteiger partial charge in [0.1, 0.15) is 6.10 Å². The van der Waals surface area contributed by atoms with Crippen molar-refractivity contribution in [2.45, 2.75) is 19.3 Å². The first-order chi connectivity index (χ1) is 3.99. The van der Waals surface area contributed by atoms with Crippen LogP contribution in [0.5, 0.6) is 0 Å². The summed E-state index contributed by atoms with van der Waals surface area (Å²) in [4.78, 5) is 16.3.